The van der Waals surface area contributed by atoms with E-state index < -0.39 is 11.2 Å². The van der Waals surface area contributed by atoms with Gasteiger partial charge in [-0.1, -0.05) is 38.1 Å². The van der Waals surface area contributed by atoms with E-state index in [1.807, 2.05) is 19.1 Å². The summed E-state index contributed by atoms with van der Waals surface area (Å²) in [5.41, 5.74) is 0.860. The quantitative estimate of drug-likeness (QED) is 0.609. The van der Waals surface area contributed by atoms with Crippen LogP contribution < -0.4 is 0 Å². The Morgan fingerprint density at radius 3 is 2.22 bits per heavy atom. The van der Waals surface area contributed by atoms with Gasteiger partial charge in [0.25, 0.3) is 0 Å². The van der Waals surface area contributed by atoms with E-state index in [1.165, 1.54) is 12.7 Å². The Balaban J connectivity index is 2.26. The number of methoxy groups -OCH3 is 1. The van der Waals surface area contributed by atoms with E-state index in [4.69, 9.17) is 9.47 Å². The third-order valence-corrected chi connectivity index (χ3v) is 3.98. The van der Waals surface area contributed by atoms with Crippen molar-refractivity contribution < 1.29 is 14.3 Å². The summed E-state index contributed by atoms with van der Waals surface area (Å²) in [6.07, 6.45) is 0. The largest absolute Gasteiger partial charge is 0.467 e. The van der Waals surface area contributed by atoms with E-state index in [1.54, 1.807) is 6.92 Å². The molecule has 2 unspecified atom stereocenters. The molecule has 1 aromatic carbocycles. The van der Waals surface area contributed by atoms with Crippen LogP contribution in [0.2, 0.25) is 0 Å². The van der Waals surface area contributed by atoms with E-state index in [-0.39, 0.29) is 5.97 Å². The summed E-state index contributed by atoms with van der Waals surface area (Å²) in [6, 6.07) is 8.24. The second kappa shape index (κ2) is 4.09. The number of rotatable bonds is 3. The minimum Gasteiger partial charge on any atom is -0.467 e. The summed E-state index contributed by atoms with van der Waals surface area (Å²) in [5.74, 6) is 0.178. The number of carbonyl (C=O) groups excluding carboxylic acids is 1. The van der Waals surface area contributed by atoms with Crippen LogP contribution in [0.4, 0.5) is 0 Å². The first-order valence-corrected chi connectivity index (χ1v) is 6.24. The Morgan fingerprint density at radius 2 is 1.78 bits per heavy atom. The van der Waals surface area contributed by atoms with E-state index in [0.717, 1.165) is 5.56 Å². The van der Waals surface area contributed by atoms with Gasteiger partial charge in [-0.3, -0.25) is 0 Å². The number of hydrogen-bond donors (Lipinski definition) is 0. The number of epoxide rings is 1. The fourth-order valence-electron chi connectivity index (χ4n) is 2.33. The Kier molecular flexibility index (Phi) is 2.98. The second-order valence-electron chi connectivity index (χ2n) is 5.44. The fraction of sp³-hybridized carbons (Fsp3) is 0.533. The minimum atomic E-state index is -0.860. The van der Waals surface area contributed by atoms with Gasteiger partial charge in [-0.2, -0.15) is 0 Å². The predicted octanol–water partition coefficient (Wildman–Crippen LogP) is 2.99. The number of esters is 1. The molecule has 0 spiro atoms. The smallest absolute Gasteiger partial charge is 0.341 e. The van der Waals surface area contributed by atoms with Gasteiger partial charge in [0.15, 0.2) is 5.60 Å². The summed E-state index contributed by atoms with van der Waals surface area (Å²) in [5, 5.41) is 0. The molecule has 2 atom stereocenters. The Bertz CT molecular complexity index is 463. The minimum absolute atomic E-state index is 0.321. The van der Waals surface area contributed by atoms with Crippen molar-refractivity contribution in [3.8, 4) is 0 Å². The van der Waals surface area contributed by atoms with Crippen molar-refractivity contribution in [2.24, 2.45) is 0 Å². The van der Waals surface area contributed by atoms with Crippen LogP contribution in [-0.2, 0) is 19.9 Å². The lowest BCUT2D eigenvalue weighted by molar-refractivity contribution is -0.146. The maximum Gasteiger partial charge on any atom is 0.341 e. The monoisotopic (exact) mass is 248 g/mol. The molecule has 1 aromatic rings. The molecule has 1 aliphatic rings. The maximum absolute atomic E-state index is 11.7. The molecule has 3 nitrogen and oxygen atoms in total. The van der Waals surface area contributed by atoms with E-state index in [2.05, 4.69) is 26.0 Å². The van der Waals surface area contributed by atoms with E-state index >= 15 is 0 Å². The molecule has 0 saturated carbocycles. The Morgan fingerprint density at radius 1 is 1.22 bits per heavy atom. The van der Waals surface area contributed by atoms with Crippen LogP contribution in [0.25, 0.3) is 0 Å². The van der Waals surface area contributed by atoms with Crippen molar-refractivity contribution in [2.75, 3.05) is 7.11 Å². The van der Waals surface area contributed by atoms with Crippen LogP contribution in [0.1, 0.15) is 44.7 Å². The van der Waals surface area contributed by atoms with E-state index in [0.29, 0.717) is 5.92 Å². The molecule has 0 aromatic heterocycles. The molecular formula is C15H20O3. The van der Waals surface area contributed by atoms with Crippen molar-refractivity contribution in [1.29, 1.82) is 0 Å². The van der Waals surface area contributed by atoms with Gasteiger partial charge >= 0.3 is 5.97 Å². The normalized spacial score (nSPS) is 30.3. The molecule has 2 rings (SSSR count). The molecule has 0 aliphatic carbocycles. The van der Waals surface area contributed by atoms with Gasteiger partial charge in [0.05, 0.1) is 7.11 Å². The molecule has 1 fully saturated rings. The first-order chi connectivity index (χ1) is 8.35. The van der Waals surface area contributed by atoms with Crippen LogP contribution in [0.3, 0.4) is 0 Å². The Labute approximate surface area is 108 Å². The van der Waals surface area contributed by atoms with Gasteiger partial charge in [0, 0.05) is 0 Å². The molecule has 1 aliphatic heterocycles. The summed E-state index contributed by atoms with van der Waals surface area (Å²) in [6.45, 7) is 8.01. The van der Waals surface area contributed by atoms with Crippen LogP contribution in [0, 0.1) is 0 Å². The van der Waals surface area contributed by atoms with Gasteiger partial charge in [-0.25, -0.2) is 4.79 Å². The fourth-order valence-corrected chi connectivity index (χ4v) is 2.33. The highest BCUT2D eigenvalue weighted by atomic mass is 16.7. The first kappa shape index (κ1) is 13.1. The topological polar surface area (TPSA) is 38.8 Å². The second-order valence-corrected chi connectivity index (χ2v) is 5.44. The van der Waals surface area contributed by atoms with Crippen LogP contribution in [0.15, 0.2) is 24.3 Å². The third-order valence-electron chi connectivity index (χ3n) is 3.98. The lowest BCUT2D eigenvalue weighted by Gasteiger charge is -2.13. The van der Waals surface area contributed by atoms with Crippen LogP contribution >= 0.6 is 0 Å². The summed E-state index contributed by atoms with van der Waals surface area (Å²) in [4.78, 5) is 11.7. The predicted molar refractivity (Wildman–Crippen MR) is 69.4 cm³/mol. The molecule has 1 heterocycles. The molecule has 18 heavy (non-hydrogen) atoms. The highest BCUT2D eigenvalue weighted by molar-refractivity contribution is 5.84. The average Bonchev–Trinajstić information content (AvgIpc) is 2.94. The molecule has 0 amide bonds. The first-order valence-electron chi connectivity index (χ1n) is 6.24. The number of benzene rings is 1. The standard InChI is InChI=1S/C15H20O3/c1-10(2)11-6-8-12(9-7-11)14(3)15(4,18-14)13(16)17-5/h6-10H,1-5H3. The zero-order valence-corrected chi connectivity index (χ0v) is 11.6. The summed E-state index contributed by atoms with van der Waals surface area (Å²) < 4.78 is 10.4. The Hall–Kier alpha value is -1.35. The van der Waals surface area contributed by atoms with Crippen LogP contribution in [0.5, 0.6) is 0 Å². The number of carbonyl (C=O) groups is 1. The van der Waals surface area contributed by atoms with Crippen molar-refractivity contribution in [3.63, 3.8) is 0 Å². The van der Waals surface area contributed by atoms with Gasteiger partial charge in [0.2, 0.25) is 0 Å². The SMILES string of the molecule is COC(=O)C1(C)OC1(C)c1ccc(C(C)C)cc1. The van der Waals surface area contributed by atoms with Gasteiger partial charge in [-0.15, -0.1) is 0 Å². The molecule has 0 N–H and O–H groups in total. The molecular weight excluding hydrogens is 228 g/mol. The van der Waals surface area contributed by atoms with Gasteiger partial charge in [0.1, 0.15) is 5.60 Å². The van der Waals surface area contributed by atoms with Crippen molar-refractivity contribution >= 4 is 5.97 Å². The van der Waals surface area contributed by atoms with Gasteiger partial charge in [-0.05, 0) is 30.9 Å². The van der Waals surface area contributed by atoms with Crippen molar-refractivity contribution in [2.45, 2.75) is 44.8 Å². The maximum atomic E-state index is 11.7. The number of hydrogen-bond acceptors (Lipinski definition) is 3. The highest BCUT2D eigenvalue weighted by Gasteiger charge is 2.70. The molecule has 0 bridgehead atoms. The zero-order chi connectivity index (χ0) is 13.6. The number of ether oxygens (including phenoxy) is 2. The molecule has 1 saturated heterocycles. The average molecular weight is 248 g/mol. The van der Waals surface area contributed by atoms with Crippen molar-refractivity contribution in [3.05, 3.63) is 35.4 Å². The van der Waals surface area contributed by atoms with Crippen LogP contribution in [-0.4, -0.2) is 18.7 Å². The summed E-state index contributed by atoms with van der Waals surface area (Å²) >= 11 is 0. The molecule has 0 radical (unpaired) electrons. The lowest BCUT2D eigenvalue weighted by Crippen LogP contribution is -2.29. The highest BCUT2D eigenvalue weighted by Crippen LogP contribution is 2.55. The third kappa shape index (κ3) is 1.74. The molecule has 3 heteroatoms. The van der Waals surface area contributed by atoms with E-state index in [9.17, 15) is 4.79 Å². The molecule has 98 valence electrons. The van der Waals surface area contributed by atoms with Crippen molar-refractivity contribution in [1.82, 2.24) is 0 Å². The summed E-state index contributed by atoms with van der Waals surface area (Å²) in [7, 11) is 1.39. The zero-order valence-electron chi connectivity index (χ0n) is 11.6. The lowest BCUT2D eigenvalue weighted by atomic mass is 9.88. The van der Waals surface area contributed by atoms with Gasteiger partial charge < -0.3 is 9.47 Å².